The van der Waals surface area contributed by atoms with Crippen LogP contribution in [0.1, 0.15) is 45.2 Å². The normalized spacial score (nSPS) is 24.3. The molecule has 5 rings (SSSR count). The molecule has 5 nitrogen and oxygen atoms in total. The third kappa shape index (κ3) is 4.48. The molecule has 2 aromatic carbocycles. The molecule has 0 bridgehead atoms. The molecule has 0 spiro atoms. The minimum Gasteiger partial charge on any atom is -0.404 e. The van der Waals surface area contributed by atoms with Crippen molar-refractivity contribution in [2.75, 3.05) is 6.26 Å². The van der Waals surface area contributed by atoms with Crippen molar-refractivity contribution in [1.29, 1.82) is 0 Å². The lowest BCUT2D eigenvalue weighted by atomic mass is 10.1. The molecule has 1 heterocycles. The summed E-state index contributed by atoms with van der Waals surface area (Å²) in [7, 11) is -6.11. The van der Waals surface area contributed by atoms with E-state index in [1.165, 1.54) is 10.4 Å². The van der Waals surface area contributed by atoms with E-state index in [1.807, 2.05) is 0 Å². The number of hydrogen-bond acceptors (Lipinski definition) is 5. The van der Waals surface area contributed by atoms with Gasteiger partial charge in [-0.2, -0.15) is 0 Å². The van der Waals surface area contributed by atoms with E-state index < -0.39 is 18.2 Å². The maximum atomic E-state index is 12.0. The Morgan fingerprint density at radius 1 is 0.914 bits per heavy atom. The number of rotatable bonds is 6. The van der Waals surface area contributed by atoms with Crippen molar-refractivity contribution in [1.82, 2.24) is 9.97 Å². The molecule has 0 aliphatic heterocycles. The Labute approximate surface area is 214 Å². The van der Waals surface area contributed by atoms with Crippen LogP contribution in [0.5, 0.6) is 0 Å². The molecule has 3 aromatic rings. The van der Waals surface area contributed by atoms with Gasteiger partial charge in [0.1, 0.15) is 5.15 Å². The van der Waals surface area contributed by atoms with Crippen LogP contribution >= 0.6 is 11.6 Å². The molecular weight excluding hydrogens is 496 g/mol. The van der Waals surface area contributed by atoms with Crippen LogP contribution in [-0.4, -0.2) is 39.1 Å². The van der Waals surface area contributed by atoms with Crippen molar-refractivity contribution in [3.8, 4) is 0 Å². The fourth-order valence-corrected chi connectivity index (χ4v) is 11.5. The first-order valence-corrected chi connectivity index (χ1v) is 16.2. The van der Waals surface area contributed by atoms with Crippen LogP contribution in [0.25, 0.3) is 0 Å². The molecule has 0 N–H and O–H groups in total. The number of hydrogen-bond donors (Lipinski definition) is 0. The van der Waals surface area contributed by atoms with Crippen molar-refractivity contribution in [3.05, 3.63) is 77.6 Å². The van der Waals surface area contributed by atoms with Gasteiger partial charge in [0.05, 0.1) is 5.69 Å². The summed E-state index contributed by atoms with van der Waals surface area (Å²) in [6.45, 7) is 6.90. The first-order valence-electron chi connectivity index (χ1n) is 12.0. The Kier molecular flexibility index (Phi) is 6.19. The van der Waals surface area contributed by atoms with Gasteiger partial charge in [0.25, 0.3) is 8.32 Å². The molecule has 2 aliphatic carbocycles. The van der Waals surface area contributed by atoms with E-state index in [2.05, 4.69) is 91.4 Å². The Hall–Kier alpha value is -2.06. The first kappa shape index (κ1) is 24.6. The number of halogens is 1. The molecule has 0 amide bonds. The van der Waals surface area contributed by atoms with Gasteiger partial charge in [-0.3, -0.25) is 0 Å². The summed E-state index contributed by atoms with van der Waals surface area (Å²) in [5, 5.41) is 2.50. The van der Waals surface area contributed by atoms with Gasteiger partial charge in [0, 0.05) is 18.3 Å². The highest BCUT2D eigenvalue weighted by atomic mass is 35.5. The fraction of sp³-hybridized carbons (Fsp3) is 0.407. The van der Waals surface area contributed by atoms with Gasteiger partial charge in [-0.25, -0.2) is 18.4 Å². The van der Waals surface area contributed by atoms with Crippen LogP contribution < -0.4 is 10.4 Å². The second kappa shape index (κ2) is 8.80. The molecule has 184 valence electrons. The van der Waals surface area contributed by atoms with Crippen LogP contribution in [0.15, 0.2) is 71.9 Å². The lowest BCUT2D eigenvalue weighted by molar-refractivity contribution is 0.177. The van der Waals surface area contributed by atoms with Crippen molar-refractivity contribution in [2.45, 2.75) is 55.8 Å². The highest BCUT2D eigenvalue weighted by Crippen LogP contribution is 2.64. The molecule has 1 aromatic heterocycles. The molecule has 2 fully saturated rings. The number of fused-ring (bicyclic) bond motifs is 1. The van der Waals surface area contributed by atoms with Gasteiger partial charge < -0.3 is 4.43 Å². The second-order valence-electron chi connectivity index (χ2n) is 10.9. The van der Waals surface area contributed by atoms with E-state index >= 15 is 0 Å². The quantitative estimate of drug-likeness (QED) is 0.267. The summed E-state index contributed by atoms with van der Waals surface area (Å²) in [4.78, 5) is 8.28. The molecule has 0 radical (unpaired) electrons. The van der Waals surface area contributed by atoms with E-state index in [4.69, 9.17) is 16.0 Å². The van der Waals surface area contributed by atoms with E-state index in [0.717, 1.165) is 24.8 Å². The van der Waals surface area contributed by atoms with Gasteiger partial charge in [-0.15, -0.1) is 0 Å². The third-order valence-electron chi connectivity index (χ3n) is 7.53. The molecule has 8 heteroatoms. The summed E-state index contributed by atoms with van der Waals surface area (Å²) in [5.74, 6) is 1.07. The Morgan fingerprint density at radius 3 is 1.89 bits per heavy atom. The average molecular weight is 527 g/mol. The molecule has 35 heavy (non-hydrogen) atoms. The second-order valence-corrected chi connectivity index (χ2v) is 17.4. The van der Waals surface area contributed by atoms with Crippen LogP contribution in [0.3, 0.4) is 0 Å². The largest absolute Gasteiger partial charge is 0.404 e. The van der Waals surface area contributed by atoms with Crippen molar-refractivity contribution < 1.29 is 12.8 Å². The molecular formula is C27H31ClN2O3SSi. The summed E-state index contributed by atoms with van der Waals surface area (Å²) >= 11 is 6.15. The molecule has 2 aliphatic rings. The van der Waals surface area contributed by atoms with Gasteiger partial charge in [-0.1, -0.05) is 93.0 Å². The minimum absolute atomic E-state index is 0.0630. The highest BCUT2D eigenvalue weighted by molar-refractivity contribution is 7.90. The fourth-order valence-electron chi connectivity index (χ4n) is 6.02. The SMILES string of the molecule is CC(C)(C)[Si](OC1C[C@@H]2[C@H](C1)[C@@H]2c1cc(Cl)nc(S(C)(=O)=O)n1)(c1ccccc1)c1ccccc1. The standard InChI is InChI=1S/C27H31ClN2O3SSi/c1-27(2,3)35(19-11-7-5-8-12-19,20-13-9-6-10-14-20)33-18-15-21-22(16-18)25(21)23-17-24(28)30-26(29-23)34(4,31)32/h5-14,17-18,21-22,25H,15-16H2,1-4H3/t18?,21-,22+,25-. The minimum atomic E-state index is -3.52. The van der Waals surface area contributed by atoms with Crippen molar-refractivity contribution in [2.24, 2.45) is 11.8 Å². The van der Waals surface area contributed by atoms with Crippen LogP contribution in [0.4, 0.5) is 0 Å². The summed E-state index contributed by atoms with van der Waals surface area (Å²) in [6, 6.07) is 23.1. The highest BCUT2D eigenvalue weighted by Gasteiger charge is 2.60. The van der Waals surface area contributed by atoms with Crippen LogP contribution in [0.2, 0.25) is 10.2 Å². The molecule has 1 unspecified atom stereocenters. The van der Waals surface area contributed by atoms with E-state index in [9.17, 15) is 8.42 Å². The molecule has 2 saturated carbocycles. The number of aromatic nitrogens is 2. The summed E-state index contributed by atoms with van der Waals surface area (Å²) in [6.07, 6.45) is 3.15. The number of sulfone groups is 1. The Balaban J connectivity index is 1.43. The van der Waals surface area contributed by atoms with Crippen LogP contribution in [-0.2, 0) is 14.3 Å². The maximum Gasteiger partial charge on any atom is 0.261 e. The van der Waals surface area contributed by atoms with Crippen molar-refractivity contribution >= 4 is 40.1 Å². The van der Waals surface area contributed by atoms with Gasteiger partial charge in [0.2, 0.25) is 15.0 Å². The van der Waals surface area contributed by atoms with E-state index in [-0.39, 0.29) is 27.4 Å². The predicted octanol–water partition coefficient (Wildman–Crippen LogP) is 4.60. The average Bonchev–Trinajstić information content (AvgIpc) is 3.31. The van der Waals surface area contributed by atoms with Gasteiger partial charge >= 0.3 is 0 Å². The Morgan fingerprint density at radius 2 is 1.43 bits per heavy atom. The smallest absolute Gasteiger partial charge is 0.261 e. The summed E-state index contributed by atoms with van der Waals surface area (Å²) in [5.41, 5.74) is 0.740. The number of benzene rings is 2. The third-order valence-corrected chi connectivity index (χ3v) is 13.7. The molecule has 4 atom stereocenters. The predicted molar refractivity (Wildman–Crippen MR) is 142 cm³/mol. The van der Waals surface area contributed by atoms with Crippen LogP contribution in [0, 0.1) is 11.8 Å². The van der Waals surface area contributed by atoms with Gasteiger partial charge in [0.15, 0.2) is 0 Å². The first-order chi connectivity index (χ1) is 16.5. The molecule has 0 saturated heterocycles. The zero-order valence-electron chi connectivity index (χ0n) is 20.5. The maximum absolute atomic E-state index is 12.0. The summed E-state index contributed by atoms with van der Waals surface area (Å²) < 4.78 is 31.3. The van der Waals surface area contributed by atoms with Crippen molar-refractivity contribution in [3.63, 3.8) is 0 Å². The monoisotopic (exact) mass is 526 g/mol. The van der Waals surface area contributed by atoms with E-state index in [0.29, 0.717) is 11.8 Å². The lowest BCUT2D eigenvalue weighted by Crippen LogP contribution is -2.67. The topological polar surface area (TPSA) is 69.2 Å². The van der Waals surface area contributed by atoms with Gasteiger partial charge in [-0.05, 0) is 46.2 Å². The number of nitrogens with zero attached hydrogens (tertiary/aromatic N) is 2. The zero-order chi connectivity index (χ0) is 25.0. The Bertz CT molecular complexity index is 1280. The lowest BCUT2D eigenvalue weighted by Gasteiger charge is -2.45. The zero-order valence-corrected chi connectivity index (χ0v) is 23.1. The van der Waals surface area contributed by atoms with E-state index in [1.54, 1.807) is 6.07 Å².